The van der Waals surface area contributed by atoms with Gasteiger partial charge in [-0.2, -0.15) is 0 Å². The van der Waals surface area contributed by atoms with Crippen molar-refractivity contribution < 1.29 is 116 Å². The third-order valence-corrected chi connectivity index (χ3v) is 20.2. The first-order valence-electron chi connectivity index (χ1n) is 35.1. The Labute approximate surface area is 617 Å². The molecule has 13 N–H and O–H groups in total. The first-order valence-corrected chi connectivity index (χ1v) is 35.1. The van der Waals surface area contributed by atoms with Gasteiger partial charge in [-0.15, -0.1) is 0 Å². The van der Waals surface area contributed by atoms with Crippen LogP contribution in [0.5, 0.6) is 0 Å². The second kappa shape index (κ2) is 35.1. The van der Waals surface area contributed by atoms with Gasteiger partial charge in [-0.05, 0) is 105 Å². The molecule has 31 nitrogen and oxygen atoms in total. The summed E-state index contributed by atoms with van der Waals surface area (Å²) < 4.78 is 42.6. The molecule has 8 rings (SSSR count). The Morgan fingerprint density at radius 2 is 1.29 bits per heavy atom. The van der Waals surface area contributed by atoms with Crippen LogP contribution in [0.2, 0.25) is 0 Å². The van der Waals surface area contributed by atoms with E-state index in [1.165, 1.54) is 102 Å². The average Bonchev–Trinajstić information content (AvgIpc) is 0.668. The van der Waals surface area contributed by atoms with Crippen molar-refractivity contribution in [3.8, 4) is 0 Å². The number of amides is 6. The lowest BCUT2D eigenvalue weighted by Gasteiger charge is -2.67. The van der Waals surface area contributed by atoms with E-state index in [2.05, 4.69) is 31.9 Å². The van der Waals surface area contributed by atoms with E-state index in [-0.39, 0.29) is 77.2 Å². The predicted molar refractivity (Wildman–Crippen MR) is 377 cm³/mol. The molecule has 107 heavy (non-hydrogen) atoms. The number of carbonyl (C=O) groups is 12. The molecule has 1 heterocycles. The fourth-order valence-electron chi connectivity index (χ4n) is 14.4. The molecule has 1 saturated heterocycles. The minimum Gasteiger partial charge on any atom is -0.455 e. The lowest BCUT2D eigenvalue weighted by atomic mass is 9.44. The van der Waals surface area contributed by atoms with E-state index in [0.717, 1.165) is 13.8 Å². The molecule has 16 atom stereocenters. The van der Waals surface area contributed by atoms with Crippen LogP contribution in [0.25, 0.3) is 0 Å². The third kappa shape index (κ3) is 19.2. The van der Waals surface area contributed by atoms with Gasteiger partial charge in [0, 0.05) is 56.3 Å². The highest BCUT2D eigenvalue weighted by Crippen LogP contribution is 2.64. The summed E-state index contributed by atoms with van der Waals surface area (Å²) in [5.74, 6) is -12.1. The molecule has 2 unspecified atom stereocenters. The van der Waals surface area contributed by atoms with Gasteiger partial charge in [0.15, 0.2) is 23.8 Å². The minimum atomic E-state index is -2.59. The van der Waals surface area contributed by atoms with Crippen molar-refractivity contribution in [2.75, 3.05) is 18.5 Å². The fraction of sp³-hybridized carbons (Fsp3) is 0.500. The lowest BCUT2D eigenvalue weighted by molar-refractivity contribution is -0.346. The van der Waals surface area contributed by atoms with E-state index in [1.807, 2.05) is 0 Å². The van der Waals surface area contributed by atoms with Gasteiger partial charge in [0.25, 0.3) is 5.91 Å². The number of aliphatic hydroxyl groups excluding tert-OH is 3. The quantitative estimate of drug-likeness (QED) is 0.0149. The van der Waals surface area contributed by atoms with E-state index >= 15 is 9.59 Å². The molecule has 0 aromatic heterocycles. The number of carbonyl (C=O) groups excluding carboxylic acids is 12. The second-order valence-corrected chi connectivity index (χ2v) is 28.7. The van der Waals surface area contributed by atoms with Crippen molar-refractivity contribution in [2.45, 2.75) is 205 Å². The number of ether oxygens (including phenoxy) is 7. The largest absolute Gasteiger partial charge is 0.509 e. The smallest absolute Gasteiger partial charge is 0.455 e. The molecule has 2 saturated carbocycles. The molecule has 0 spiro atoms. The number of hydrogen-bond donors (Lipinski definition) is 12. The van der Waals surface area contributed by atoms with Crippen LogP contribution in [-0.4, -0.2) is 194 Å². The lowest BCUT2D eigenvalue weighted by Crippen LogP contribution is -2.82. The number of hydrogen-bond acceptors (Lipinski definition) is 25. The first-order chi connectivity index (χ1) is 50.4. The minimum absolute atomic E-state index is 0.0169. The highest BCUT2D eigenvalue weighted by Gasteiger charge is 2.78. The van der Waals surface area contributed by atoms with Crippen molar-refractivity contribution in [3.63, 3.8) is 0 Å². The van der Waals surface area contributed by atoms with Gasteiger partial charge in [0.2, 0.25) is 35.6 Å². The van der Waals surface area contributed by atoms with Crippen LogP contribution in [0.1, 0.15) is 146 Å². The van der Waals surface area contributed by atoms with Gasteiger partial charge in [-0.1, -0.05) is 107 Å². The number of nitrogens with two attached hydrogens (primary N) is 1. The maximum atomic E-state index is 16.0. The van der Waals surface area contributed by atoms with Crippen molar-refractivity contribution in [3.05, 3.63) is 149 Å². The number of fused-ring (bicyclic) bond motifs is 5. The van der Waals surface area contributed by atoms with E-state index in [0.29, 0.717) is 0 Å². The first kappa shape index (κ1) is 82.6. The summed E-state index contributed by atoms with van der Waals surface area (Å²) in [6, 6.07) is 22.4. The Morgan fingerprint density at radius 3 is 1.86 bits per heavy atom. The number of ketones is 1. The molecule has 2 bridgehead atoms. The maximum Gasteiger partial charge on any atom is 0.509 e. The molecule has 0 radical (unpaired) electrons. The van der Waals surface area contributed by atoms with Crippen LogP contribution in [-0.2, 0) is 82.9 Å². The topological polar surface area (TPSA) is 469 Å². The van der Waals surface area contributed by atoms with Crippen LogP contribution in [0, 0.1) is 22.7 Å². The summed E-state index contributed by atoms with van der Waals surface area (Å²) in [4.78, 5) is 168. The molecule has 1 aliphatic heterocycles. The van der Waals surface area contributed by atoms with Gasteiger partial charge in [-0.3, -0.25) is 43.2 Å². The van der Waals surface area contributed by atoms with Crippen LogP contribution in [0.15, 0.2) is 126 Å². The summed E-state index contributed by atoms with van der Waals surface area (Å²) in [6.07, 6.45) is -16.6. The van der Waals surface area contributed by atoms with Crippen LogP contribution < -0.4 is 37.6 Å². The Morgan fingerprint density at radius 1 is 0.692 bits per heavy atom. The molecule has 31 heteroatoms. The monoisotopic (exact) mass is 1490 g/mol. The Bertz CT molecular complexity index is 3950. The fourth-order valence-corrected chi connectivity index (χ4v) is 14.4. The standard InChI is InChI=1S/C76H95N7O24/c1-39(2)32-51(82-69(96)52(33-56(77)88)81-66(93)42(5)79-65(92)41(4)78-36-50(86)30-31-57(89)90)68(95)80-49-28-26-45(27-29-49)37-101-72(99)105-61(59(46-20-14-11-15-21-46)83-67(94)47-22-16-12-17-23-47)71(98)104-53-35-76(100)64(106-70(97)48-24-18-13-19-25-48)62-74(10,54(87)34-55-75(62,38-102-55)107-44(7)85)63(91)60(103-43(6)84)58(40(53)3)73(76,8)9/h11-29,39,41-42,50-55,57,59-62,64,78,86-87,89-90,100H,30-38H2,1-10H3,(H2,77,88)(H,79,92)(H,80,95)(H,81,93)(H,82,96)(H,83,94)/t41-,42-,50+,51-,52-,53+,54+,55-,59+,60-,61?,62?,64+,74-,75+,76-/m1/s1. The average molecular weight is 1490 g/mol. The molecule has 4 aromatic carbocycles. The summed E-state index contributed by atoms with van der Waals surface area (Å²) in [5.41, 5.74) is -2.40. The summed E-state index contributed by atoms with van der Waals surface area (Å²) in [6.45, 7) is 13.2. The zero-order chi connectivity index (χ0) is 78.6. The van der Waals surface area contributed by atoms with Gasteiger partial charge in [0.05, 0.1) is 48.2 Å². The highest BCUT2D eigenvalue weighted by molar-refractivity contribution is 6.01. The Balaban J connectivity index is 1.06. The normalized spacial score (nSPS) is 24.7. The molecule has 6 amide bonds. The molecule has 3 fully saturated rings. The molecule has 4 aromatic rings. The number of nitrogens with one attached hydrogen (secondary N) is 6. The number of anilines is 1. The summed E-state index contributed by atoms with van der Waals surface area (Å²) >= 11 is 0. The summed E-state index contributed by atoms with van der Waals surface area (Å²) in [7, 11) is 0. The Hall–Kier alpha value is -10.0. The third-order valence-electron chi connectivity index (χ3n) is 20.2. The highest BCUT2D eigenvalue weighted by atomic mass is 16.7. The number of Topliss-reactive ketones (excluding diaryl/α,β-unsaturated/α-hetero) is 1. The van der Waals surface area contributed by atoms with E-state index in [4.69, 9.17) is 49.1 Å². The predicted octanol–water partition coefficient (Wildman–Crippen LogP) is 2.86. The van der Waals surface area contributed by atoms with Gasteiger partial charge >= 0.3 is 30.0 Å². The van der Waals surface area contributed by atoms with E-state index in [9.17, 15) is 63.3 Å². The summed E-state index contributed by atoms with van der Waals surface area (Å²) in [5, 5.41) is 70.5. The van der Waals surface area contributed by atoms with Crippen molar-refractivity contribution in [1.82, 2.24) is 26.6 Å². The van der Waals surface area contributed by atoms with Crippen molar-refractivity contribution in [1.29, 1.82) is 0 Å². The number of benzene rings is 4. The van der Waals surface area contributed by atoms with Crippen LogP contribution in [0.3, 0.4) is 0 Å². The van der Waals surface area contributed by atoms with Crippen LogP contribution >= 0.6 is 0 Å². The molecular weight excluding hydrogens is 1390 g/mol. The van der Waals surface area contributed by atoms with Gasteiger partial charge in [0.1, 0.15) is 54.7 Å². The maximum absolute atomic E-state index is 16.0. The van der Waals surface area contributed by atoms with E-state index < -0.39 is 204 Å². The van der Waals surface area contributed by atoms with Gasteiger partial charge < -0.3 is 96.3 Å². The number of esters is 4. The molecule has 4 aliphatic rings. The van der Waals surface area contributed by atoms with Crippen LogP contribution in [0.4, 0.5) is 10.5 Å². The zero-order valence-corrected chi connectivity index (χ0v) is 61.1. The van der Waals surface area contributed by atoms with E-state index in [1.54, 1.807) is 68.4 Å². The molecular formula is C76H95N7O24. The van der Waals surface area contributed by atoms with Crippen molar-refractivity contribution in [2.24, 2.45) is 28.4 Å². The zero-order valence-electron chi connectivity index (χ0n) is 61.1. The number of primary amides is 1. The van der Waals surface area contributed by atoms with Crippen molar-refractivity contribution >= 4 is 76.9 Å². The Kier molecular flexibility index (Phi) is 27.1. The molecule has 3 aliphatic carbocycles. The number of aliphatic hydroxyl groups is 5. The SMILES string of the molecule is CC(=O)O[C@H]1C(=O)[C@@]2(C)C([C@H](OC(=O)c3ccccc3)[C@]3(O)C[C@H](OC(=O)C(OC(=O)OCc4ccc(NC(=O)[C@@H](CC(C)C)NC(=O)[C@@H](CC(N)=O)NC(=O)[C@@H](C)NC(=O)[C@@H](C)NC[C@@H](O)CCC(O)O)cc4)[C@@H](NC(=O)c4ccccc4)c4ccccc4)C(C)=C1C3(C)C)[C@]1(OC(C)=O)CO[C@@H]1C[C@@H]2O. The number of rotatable bonds is 31. The molecule has 578 valence electrons. The van der Waals surface area contributed by atoms with Gasteiger partial charge in [-0.25, -0.2) is 14.4 Å². The second-order valence-electron chi connectivity index (χ2n) is 28.7.